The average Bonchev–Trinajstić information content (AvgIpc) is 3.19. The van der Waals surface area contributed by atoms with Crippen LogP contribution in [0.4, 0.5) is 8.78 Å². The van der Waals surface area contributed by atoms with Crippen LogP contribution < -0.4 is 0 Å². The summed E-state index contributed by atoms with van der Waals surface area (Å²) in [6.07, 6.45) is 4.72. The summed E-state index contributed by atoms with van der Waals surface area (Å²) >= 11 is 0. The summed E-state index contributed by atoms with van der Waals surface area (Å²) in [5.74, 6) is -4.36. The number of allylic oxidation sites excluding steroid dienone is 2. The van der Waals surface area contributed by atoms with Crippen molar-refractivity contribution in [3.63, 3.8) is 0 Å². The van der Waals surface area contributed by atoms with Crippen LogP contribution in [-0.2, 0) is 0 Å². The van der Waals surface area contributed by atoms with Crippen LogP contribution in [0.25, 0.3) is 27.7 Å². The minimum absolute atomic E-state index is 0.0490. The summed E-state index contributed by atoms with van der Waals surface area (Å²) in [5, 5.41) is 27.3. The maximum atomic E-state index is 15.0. The Kier molecular flexibility index (Phi) is 6.17. The SMILES string of the molecule is CC(=N)/C(=C(/C)O)c1cnc2c(-c3ccc(C(=O)O)c(F)c3F)cn([C@@H](C)c3ccccn3)c2c1. The van der Waals surface area contributed by atoms with Crippen molar-refractivity contribution in [3.8, 4) is 11.1 Å². The fourth-order valence-corrected chi connectivity index (χ4v) is 4.17. The molecule has 0 bridgehead atoms. The van der Waals surface area contributed by atoms with E-state index in [9.17, 15) is 14.3 Å². The van der Waals surface area contributed by atoms with Gasteiger partial charge in [-0.1, -0.05) is 12.1 Å². The van der Waals surface area contributed by atoms with Gasteiger partial charge in [-0.15, -0.1) is 0 Å². The summed E-state index contributed by atoms with van der Waals surface area (Å²) in [5.41, 5.74) is 1.89. The highest BCUT2D eigenvalue weighted by Crippen LogP contribution is 2.36. The number of hydrogen-bond donors (Lipinski definition) is 3. The van der Waals surface area contributed by atoms with Crippen molar-refractivity contribution in [2.45, 2.75) is 26.8 Å². The van der Waals surface area contributed by atoms with Gasteiger partial charge in [-0.05, 0) is 45.0 Å². The summed E-state index contributed by atoms with van der Waals surface area (Å²) in [7, 11) is 0. The van der Waals surface area contributed by atoms with Gasteiger partial charge in [0.15, 0.2) is 11.6 Å². The fraction of sp³-hybridized carbons (Fsp3) is 0.154. The van der Waals surface area contributed by atoms with Crippen LogP contribution in [-0.4, -0.2) is 36.4 Å². The van der Waals surface area contributed by atoms with E-state index in [4.69, 9.17) is 10.5 Å². The molecular formula is C26H22F2N4O3. The Balaban J connectivity index is 2.02. The van der Waals surface area contributed by atoms with Crippen molar-refractivity contribution in [1.29, 1.82) is 5.41 Å². The van der Waals surface area contributed by atoms with E-state index in [0.29, 0.717) is 27.9 Å². The highest BCUT2D eigenvalue weighted by molar-refractivity contribution is 6.22. The normalized spacial score (nSPS) is 12.9. The summed E-state index contributed by atoms with van der Waals surface area (Å²) in [4.78, 5) is 20.1. The van der Waals surface area contributed by atoms with E-state index in [1.807, 2.05) is 19.1 Å². The molecule has 35 heavy (non-hydrogen) atoms. The van der Waals surface area contributed by atoms with Gasteiger partial charge in [0.05, 0.1) is 34.1 Å². The molecule has 0 aliphatic carbocycles. The van der Waals surface area contributed by atoms with Gasteiger partial charge < -0.3 is 20.2 Å². The number of aliphatic hydroxyl groups excluding tert-OH is 1. The molecule has 3 heterocycles. The van der Waals surface area contributed by atoms with Crippen LogP contribution in [0, 0.1) is 17.0 Å². The molecule has 0 unspecified atom stereocenters. The topological polar surface area (TPSA) is 112 Å². The third-order valence-electron chi connectivity index (χ3n) is 5.83. The Morgan fingerprint density at radius 2 is 1.80 bits per heavy atom. The van der Waals surface area contributed by atoms with Crippen LogP contribution >= 0.6 is 0 Å². The van der Waals surface area contributed by atoms with Crippen molar-refractivity contribution < 1.29 is 23.8 Å². The lowest BCUT2D eigenvalue weighted by Crippen LogP contribution is -2.07. The smallest absolute Gasteiger partial charge is 0.338 e. The first-order valence-electron chi connectivity index (χ1n) is 10.7. The van der Waals surface area contributed by atoms with E-state index < -0.39 is 23.2 Å². The van der Waals surface area contributed by atoms with Gasteiger partial charge in [-0.3, -0.25) is 9.97 Å². The van der Waals surface area contributed by atoms with E-state index in [1.165, 1.54) is 19.2 Å². The zero-order chi connectivity index (χ0) is 25.4. The molecule has 0 radical (unpaired) electrons. The van der Waals surface area contributed by atoms with E-state index >= 15 is 4.39 Å². The zero-order valence-corrected chi connectivity index (χ0v) is 19.2. The highest BCUT2D eigenvalue weighted by atomic mass is 19.2. The molecule has 0 aliphatic heterocycles. The van der Waals surface area contributed by atoms with Crippen LogP contribution in [0.15, 0.2) is 60.7 Å². The number of carboxylic acid groups (broad SMARTS) is 1. The van der Waals surface area contributed by atoms with Crippen molar-refractivity contribution in [1.82, 2.24) is 14.5 Å². The fourth-order valence-electron chi connectivity index (χ4n) is 4.17. The number of rotatable bonds is 6. The van der Waals surface area contributed by atoms with Crippen LogP contribution in [0.5, 0.6) is 0 Å². The Morgan fingerprint density at radius 3 is 2.40 bits per heavy atom. The first kappa shape index (κ1) is 23.7. The number of benzene rings is 1. The predicted molar refractivity (Wildman–Crippen MR) is 129 cm³/mol. The monoisotopic (exact) mass is 476 g/mol. The van der Waals surface area contributed by atoms with E-state index in [0.717, 1.165) is 6.07 Å². The number of nitrogens with zero attached hydrogens (tertiary/aromatic N) is 3. The van der Waals surface area contributed by atoms with Crippen molar-refractivity contribution >= 4 is 28.3 Å². The summed E-state index contributed by atoms with van der Waals surface area (Å²) in [6, 6.07) is 9.07. The molecule has 0 fully saturated rings. The maximum Gasteiger partial charge on any atom is 0.338 e. The second-order valence-electron chi connectivity index (χ2n) is 8.15. The standard InChI is InChI=1S/C26H22F2N4O3/c1-13(29)22(15(3)33)16-10-21-25(31-11-16)19(12-32(21)14(2)20-6-4-5-9-30-20)17-7-8-18(26(34)35)24(28)23(17)27/h4-12,14,29,33H,1-3H3,(H,34,35)/b22-15+,29-13?/t14-/m0/s1. The number of carbonyl (C=O) groups is 1. The predicted octanol–water partition coefficient (Wildman–Crippen LogP) is 6.01. The lowest BCUT2D eigenvalue weighted by Gasteiger charge is -2.15. The van der Waals surface area contributed by atoms with E-state index in [2.05, 4.69) is 9.97 Å². The van der Waals surface area contributed by atoms with Crippen molar-refractivity contribution in [2.75, 3.05) is 0 Å². The number of hydrogen-bond acceptors (Lipinski definition) is 5. The second kappa shape index (κ2) is 9.09. The molecule has 3 N–H and O–H groups in total. The Hall–Kier alpha value is -4.40. The molecule has 0 aliphatic rings. The highest BCUT2D eigenvalue weighted by Gasteiger charge is 2.24. The van der Waals surface area contributed by atoms with Gasteiger partial charge in [-0.25, -0.2) is 13.6 Å². The number of halogens is 2. The summed E-state index contributed by atoms with van der Waals surface area (Å²) in [6.45, 7) is 4.90. The molecule has 4 aromatic rings. The lowest BCUT2D eigenvalue weighted by molar-refractivity contribution is 0.0690. The molecule has 1 atom stereocenters. The van der Waals surface area contributed by atoms with Crippen molar-refractivity contribution in [3.05, 3.63) is 89.2 Å². The van der Waals surface area contributed by atoms with Gasteiger partial charge in [-0.2, -0.15) is 0 Å². The number of pyridine rings is 2. The molecule has 3 aromatic heterocycles. The largest absolute Gasteiger partial charge is 0.512 e. The number of nitrogens with one attached hydrogen (secondary N) is 1. The van der Waals surface area contributed by atoms with E-state index in [-0.39, 0.29) is 28.6 Å². The third-order valence-corrected chi connectivity index (χ3v) is 5.83. The minimum Gasteiger partial charge on any atom is -0.512 e. The van der Waals surface area contributed by atoms with Gasteiger partial charge in [0, 0.05) is 46.6 Å². The van der Waals surface area contributed by atoms with E-state index in [1.54, 1.807) is 36.0 Å². The molecule has 0 saturated carbocycles. The van der Waals surface area contributed by atoms with Crippen LogP contribution in [0.2, 0.25) is 0 Å². The molecular weight excluding hydrogens is 454 g/mol. The first-order chi connectivity index (χ1) is 16.6. The number of aliphatic hydroxyl groups is 1. The number of fused-ring (bicyclic) bond motifs is 1. The summed E-state index contributed by atoms with van der Waals surface area (Å²) < 4.78 is 31.4. The average molecular weight is 476 g/mol. The first-order valence-corrected chi connectivity index (χ1v) is 10.7. The number of aromatic carboxylic acids is 1. The number of carboxylic acids is 1. The molecule has 178 valence electrons. The third kappa shape index (κ3) is 4.16. The van der Waals surface area contributed by atoms with Gasteiger partial charge in [0.1, 0.15) is 0 Å². The van der Waals surface area contributed by atoms with Crippen molar-refractivity contribution in [2.24, 2.45) is 0 Å². The molecule has 1 aromatic carbocycles. The van der Waals surface area contributed by atoms with Gasteiger partial charge >= 0.3 is 5.97 Å². The van der Waals surface area contributed by atoms with Crippen LogP contribution in [0.3, 0.4) is 0 Å². The molecule has 9 heteroatoms. The molecule has 7 nitrogen and oxygen atoms in total. The lowest BCUT2D eigenvalue weighted by atomic mass is 10.0. The Morgan fingerprint density at radius 1 is 1.06 bits per heavy atom. The number of aromatic nitrogens is 3. The van der Waals surface area contributed by atoms with Gasteiger partial charge in [0.2, 0.25) is 0 Å². The Bertz CT molecular complexity index is 1510. The Labute approximate surface area is 199 Å². The minimum atomic E-state index is -1.57. The zero-order valence-electron chi connectivity index (χ0n) is 19.2. The second-order valence-corrected chi connectivity index (χ2v) is 8.15. The van der Waals surface area contributed by atoms with Gasteiger partial charge in [0.25, 0.3) is 0 Å². The molecule has 0 spiro atoms. The molecule has 4 rings (SSSR count). The molecule has 0 saturated heterocycles. The maximum absolute atomic E-state index is 15.0. The quantitative estimate of drug-likeness (QED) is 0.233. The molecule has 0 amide bonds. The van der Waals surface area contributed by atoms with Crippen LogP contribution in [0.1, 0.15) is 48.4 Å².